The van der Waals surface area contributed by atoms with Gasteiger partial charge in [0.05, 0.1) is 31.1 Å². The second-order valence-electron chi connectivity index (χ2n) is 4.05. The average molecular weight is 308 g/mol. The fourth-order valence-electron chi connectivity index (χ4n) is 1.78. The van der Waals surface area contributed by atoms with E-state index in [4.69, 9.17) is 11.6 Å². The Bertz CT molecular complexity index is 412. The van der Waals surface area contributed by atoms with E-state index in [0.717, 1.165) is 19.6 Å². The smallest absolute Gasteiger partial charge is 0.293 e. The molecule has 7 heteroatoms. The second-order valence-corrected chi connectivity index (χ2v) is 4.49. The quantitative estimate of drug-likeness (QED) is 0.481. The molecule has 5 nitrogen and oxygen atoms in total. The first-order chi connectivity index (χ1) is 8.58. The molecule has 0 heterocycles. The minimum absolute atomic E-state index is 0. The van der Waals surface area contributed by atoms with Gasteiger partial charge in [0.1, 0.15) is 5.69 Å². The molecule has 0 saturated carbocycles. The highest BCUT2D eigenvalue weighted by Crippen LogP contribution is 2.27. The minimum atomic E-state index is -0.418. The third-order valence-electron chi connectivity index (χ3n) is 2.95. The Morgan fingerprint density at radius 1 is 1.37 bits per heavy atom. The number of anilines is 1. The van der Waals surface area contributed by atoms with E-state index in [2.05, 4.69) is 19.2 Å². The summed E-state index contributed by atoms with van der Waals surface area (Å²) in [7, 11) is 0. The summed E-state index contributed by atoms with van der Waals surface area (Å²) in [6.45, 7) is 8.02. The van der Waals surface area contributed by atoms with Crippen LogP contribution < -0.4 is 22.6 Å². The standard InChI is InChI=1S/C12H18ClN3O2.ClH/c1-3-15(4-2)8-7-14-11-6-5-10(13)9-12(11)16(17)18;/h5-6,9,14H,3-4,7-8H2,1-2H3;1H. The van der Waals surface area contributed by atoms with E-state index in [9.17, 15) is 10.1 Å². The summed E-state index contributed by atoms with van der Waals surface area (Å²) in [6.07, 6.45) is 0. The van der Waals surface area contributed by atoms with Gasteiger partial charge in [-0.25, -0.2) is 0 Å². The molecule has 2 N–H and O–H groups in total. The van der Waals surface area contributed by atoms with Gasteiger partial charge in [-0.2, -0.15) is 0 Å². The summed E-state index contributed by atoms with van der Waals surface area (Å²) in [5.41, 5.74) is 0.549. The van der Waals surface area contributed by atoms with E-state index in [-0.39, 0.29) is 18.1 Å². The van der Waals surface area contributed by atoms with E-state index in [1.165, 1.54) is 11.0 Å². The van der Waals surface area contributed by atoms with E-state index in [0.29, 0.717) is 17.3 Å². The minimum Gasteiger partial charge on any atom is -1.00 e. The van der Waals surface area contributed by atoms with E-state index >= 15 is 0 Å². The third-order valence-corrected chi connectivity index (χ3v) is 3.19. The van der Waals surface area contributed by atoms with Gasteiger partial charge >= 0.3 is 0 Å². The van der Waals surface area contributed by atoms with Gasteiger partial charge in [-0.3, -0.25) is 10.1 Å². The van der Waals surface area contributed by atoms with Crippen molar-refractivity contribution >= 4 is 23.0 Å². The van der Waals surface area contributed by atoms with Crippen LogP contribution in [0.25, 0.3) is 0 Å². The van der Waals surface area contributed by atoms with Crippen molar-refractivity contribution in [3.8, 4) is 0 Å². The molecule has 0 aliphatic heterocycles. The predicted octanol–water partition coefficient (Wildman–Crippen LogP) is -1.41. The molecule has 108 valence electrons. The van der Waals surface area contributed by atoms with Crippen LogP contribution in [0.1, 0.15) is 13.8 Å². The number of nitro benzene ring substituents is 1. The summed E-state index contributed by atoms with van der Waals surface area (Å²) >= 11 is 5.75. The highest BCUT2D eigenvalue weighted by molar-refractivity contribution is 6.30. The zero-order valence-electron chi connectivity index (χ0n) is 11.1. The Morgan fingerprint density at radius 3 is 2.53 bits per heavy atom. The highest BCUT2D eigenvalue weighted by Gasteiger charge is 2.14. The van der Waals surface area contributed by atoms with Crippen molar-refractivity contribution in [2.45, 2.75) is 13.8 Å². The van der Waals surface area contributed by atoms with Gasteiger partial charge in [0.25, 0.3) is 5.69 Å². The maximum Gasteiger partial charge on any atom is 0.293 e. The van der Waals surface area contributed by atoms with Crippen molar-refractivity contribution in [2.24, 2.45) is 0 Å². The molecule has 0 saturated heterocycles. The molecule has 0 aliphatic rings. The zero-order chi connectivity index (χ0) is 13.5. The number of benzene rings is 1. The lowest BCUT2D eigenvalue weighted by Gasteiger charge is -2.15. The molecule has 0 aliphatic carbocycles. The molecular formula is C12H19Cl2N3O2. The number of halogens is 2. The molecule has 0 spiro atoms. The van der Waals surface area contributed by atoms with Crippen molar-refractivity contribution in [1.29, 1.82) is 0 Å². The number of likely N-dealkylation sites (N-methyl/N-ethyl adjacent to an activating group) is 1. The van der Waals surface area contributed by atoms with Crippen LogP contribution in [-0.2, 0) is 0 Å². The van der Waals surface area contributed by atoms with Gasteiger partial charge < -0.3 is 22.6 Å². The Balaban J connectivity index is 0.00000324. The van der Waals surface area contributed by atoms with Crippen molar-refractivity contribution < 1.29 is 22.2 Å². The summed E-state index contributed by atoms with van der Waals surface area (Å²) in [6, 6.07) is 4.67. The number of nitrogens with one attached hydrogen (secondary N) is 2. The molecule has 0 radical (unpaired) electrons. The monoisotopic (exact) mass is 307 g/mol. The summed E-state index contributed by atoms with van der Waals surface area (Å²) in [5, 5.41) is 14.4. The van der Waals surface area contributed by atoms with Crippen LogP contribution in [0.3, 0.4) is 0 Å². The highest BCUT2D eigenvalue weighted by atomic mass is 35.5. The third kappa shape index (κ3) is 5.63. The molecule has 1 aromatic rings. The van der Waals surface area contributed by atoms with E-state index in [1.54, 1.807) is 12.1 Å². The lowest BCUT2D eigenvalue weighted by atomic mass is 10.2. The van der Waals surface area contributed by atoms with Crippen LogP contribution in [0.5, 0.6) is 0 Å². The number of hydrogen-bond acceptors (Lipinski definition) is 3. The van der Waals surface area contributed by atoms with Crippen LogP contribution in [0.4, 0.5) is 11.4 Å². The predicted molar refractivity (Wildman–Crippen MR) is 73.5 cm³/mol. The SMILES string of the molecule is CC[NH+](CC)CCNc1ccc(Cl)cc1[N+](=O)[O-].[Cl-]. The molecule has 0 bridgehead atoms. The molecule has 19 heavy (non-hydrogen) atoms. The maximum absolute atomic E-state index is 10.9. The number of quaternary nitrogens is 1. The van der Waals surface area contributed by atoms with Crippen molar-refractivity contribution in [1.82, 2.24) is 0 Å². The first-order valence-electron chi connectivity index (χ1n) is 6.09. The molecule has 0 atom stereocenters. The van der Waals surface area contributed by atoms with E-state index < -0.39 is 4.92 Å². The molecule has 0 amide bonds. The van der Waals surface area contributed by atoms with Crippen molar-refractivity contribution in [3.05, 3.63) is 33.3 Å². The topological polar surface area (TPSA) is 59.6 Å². The number of rotatable bonds is 7. The number of nitro groups is 1. The Kier molecular flexibility index (Phi) is 8.47. The van der Waals surface area contributed by atoms with E-state index in [1.807, 2.05) is 0 Å². The van der Waals surface area contributed by atoms with Crippen LogP contribution in [0.15, 0.2) is 18.2 Å². The van der Waals surface area contributed by atoms with Crippen LogP contribution in [-0.4, -0.2) is 31.1 Å². The van der Waals surface area contributed by atoms with Gasteiger partial charge in [0, 0.05) is 11.1 Å². The molecular weight excluding hydrogens is 289 g/mol. The maximum atomic E-state index is 10.9. The summed E-state index contributed by atoms with van der Waals surface area (Å²) in [5.74, 6) is 0. The second kappa shape index (κ2) is 8.96. The Hall–Kier alpha value is -1.04. The molecule has 0 aromatic heterocycles. The van der Waals surface area contributed by atoms with Crippen LogP contribution >= 0.6 is 11.6 Å². The molecule has 1 aromatic carbocycles. The largest absolute Gasteiger partial charge is 1.00 e. The average Bonchev–Trinajstić information content (AvgIpc) is 2.36. The van der Waals surface area contributed by atoms with Gasteiger partial charge in [0.15, 0.2) is 0 Å². The molecule has 1 rings (SSSR count). The molecule has 0 unspecified atom stereocenters. The van der Waals surface area contributed by atoms with Crippen LogP contribution in [0, 0.1) is 10.1 Å². The zero-order valence-corrected chi connectivity index (χ0v) is 12.6. The fraction of sp³-hybridized carbons (Fsp3) is 0.500. The van der Waals surface area contributed by atoms with Gasteiger partial charge in [0.2, 0.25) is 0 Å². The fourth-order valence-corrected chi connectivity index (χ4v) is 1.95. The Labute approximate surface area is 124 Å². The summed E-state index contributed by atoms with van der Waals surface area (Å²) in [4.78, 5) is 11.9. The lowest BCUT2D eigenvalue weighted by Crippen LogP contribution is -3.12. The number of nitrogens with zero attached hydrogens (tertiary/aromatic N) is 1. The lowest BCUT2D eigenvalue weighted by molar-refractivity contribution is -0.894. The first-order valence-corrected chi connectivity index (χ1v) is 6.47. The first kappa shape index (κ1) is 18.0. The van der Waals surface area contributed by atoms with Crippen LogP contribution in [0.2, 0.25) is 5.02 Å². The number of hydrogen-bond donors (Lipinski definition) is 2. The van der Waals surface area contributed by atoms with Crippen molar-refractivity contribution in [3.63, 3.8) is 0 Å². The normalized spacial score (nSPS) is 10.1. The van der Waals surface area contributed by atoms with Crippen molar-refractivity contribution in [2.75, 3.05) is 31.5 Å². The Morgan fingerprint density at radius 2 is 2.00 bits per heavy atom. The van der Waals surface area contributed by atoms with Gasteiger partial charge in [-0.15, -0.1) is 0 Å². The van der Waals surface area contributed by atoms with Gasteiger partial charge in [-0.05, 0) is 26.0 Å². The summed E-state index contributed by atoms with van der Waals surface area (Å²) < 4.78 is 0. The van der Waals surface area contributed by atoms with Gasteiger partial charge in [-0.1, -0.05) is 11.6 Å². The molecule has 0 fully saturated rings.